The Balaban J connectivity index is 1.48. The van der Waals surface area contributed by atoms with Gasteiger partial charge in [0.25, 0.3) is 5.92 Å². The van der Waals surface area contributed by atoms with Crippen molar-refractivity contribution in [1.29, 1.82) is 0 Å². The van der Waals surface area contributed by atoms with Crippen molar-refractivity contribution in [2.24, 2.45) is 11.8 Å². The number of likely N-dealkylation sites (tertiary alicyclic amines) is 1. The first kappa shape index (κ1) is 18.1. The molecule has 4 nitrogen and oxygen atoms in total. The Kier molecular flexibility index (Phi) is 3.70. The molecule has 1 spiro atoms. The molecule has 2 bridgehead atoms. The van der Waals surface area contributed by atoms with Gasteiger partial charge in [-0.1, -0.05) is 12.5 Å². The van der Waals surface area contributed by atoms with Crippen molar-refractivity contribution < 1.29 is 23.0 Å². The van der Waals surface area contributed by atoms with Crippen molar-refractivity contribution in [2.45, 2.75) is 75.4 Å². The Labute approximate surface area is 169 Å². The van der Waals surface area contributed by atoms with Gasteiger partial charge >= 0.3 is 5.97 Å². The number of carbonyl (C=O) groups is 1. The van der Waals surface area contributed by atoms with Crippen LogP contribution in [-0.4, -0.2) is 42.0 Å². The average molecular weight is 403 g/mol. The second-order valence-corrected chi connectivity index (χ2v) is 9.78. The van der Waals surface area contributed by atoms with Gasteiger partial charge in [-0.05, 0) is 62.1 Å². The Morgan fingerprint density at radius 2 is 2.10 bits per heavy atom. The Bertz CT molecular complexity index is 883. The van der Waals surface area contributed by atoms with Crippen LogP contribution in [-0.2, 0) is 16.6 Å². The minimum atomic E-state index is -2.86. The maximum atomic E-state index is 15.2. The lowest BCUT2D eigenvalue weighted by Gasteiger charge is -2.60. The number of hydrogen-bond donors (Lipinski definition) is 0. The first-order valence-corrected chi connectivity index (χ1v) is 11.0. The summed E-state index contributed by atoms with van der Waals surface area (Å²) in [5.74, 6) is -1.66. The summed E-state index contributed by atoms with van der Waals surface area (Å²) >= 11 is 0. The van der Waals surface area contributed by atoms with Crippen LogP contribution in [0.4, 0.5) is 8.78 Å². The number of ether oxygens (including phenoxy) is 2. The van der Waals surface area contributed by atoms with Crippen LogP contribution in [0.5, 0.6) is 11.5 Å². The van der Waals surface area contributed by atoms with Gasteiger partial charge < -0.3 is 9.47 Å². The normalized spacial score (nSPS) is 36.7. The first-order valence-electron chi connectivity index (χ1n) is 11.0. The molecule has 3 aliphatic carbocycles. The molecule has 6 rings (SSSR count). The molecule has 1 saturated heterocycles. The molecule has 156 valence electrons. The number of carbonyl (C=O) groups excluding carboxylic acids is 1. The lowest BCUT2D eigenvalue weighted by Crippen LogP contribution is -2.68. The predicted octanol–water partition coefficient (Wildman–Crippen LogP) is 4.09. The molecule has 3 fully saturated rings. The van der Waals surface area contributed by atoms with Crippen LogP contribution >= 0.6 is 0 Å². The van der Waals surface area contributed by atoms with Crippen LogP contribution < -0.4 is 9.47 Å². The Morgan fingerprint density at radius 1 is 1.28 bits per heavy atom. The van der Waals surface area contributed by atoms with Gasteiger partial charge in [0.15, 0.2) is 17.6 Å². The Hall–Kier alpha value is -1.69. The SMILES string of the molecule is CC(=O)Oc1ccc2c3c1OC1C(F)(F)CC[C@H]4[C@@H](C2)N(CC2CCC2)CC[C@]314. The predicted molar refractivity (Wildman–Crippen MR) is 103 cm³/mol. The van der Waals surface area contributed by atoms with Gasteiger partial charge in [-0.15, -0.1) is 0 Å². The molecule has 1 aromatic carbocycles. The zero-order valence-electron chi connectivity index (χ0n) is 16.8. The molecule has 2 heterocycles. The van der Waals surface area contributed by atoms with E-state index < -0.39 is 23.4 Å². The number of alkyl halides is 2. The monoisotopic (exact) mass is 403 g/mol. The number of hydrogen-bond acceptors (Lipinski definition) is 4. The Morgan fingerprint density at radius 3 is 2.83 bits per heavy atom. The highest BCUT2D eigenvalue weighted by atomic mass is 19.3. The maximum absolute atomic E-state index is 15.2. The topological polar surface area (TPSA) is 38.8 Å². The summed E-state index contributed by atoms with van der Waals surface area (Å²) in [6.07, 6.45) is 4.77. The highest BCUT2D eigenvalue weighted by Crippen LogP contribution is 2.66. The number of nitrogens with zero attached hydrogens (tertiary/aromatic N) is 1. The van der Waals surface area contributed by atoms with E-state index in [4.69, 9.17) is 9.47 Å². The van der Waals surface area contributed by atoms with Gasteiger partial charge in [0.1, 0.15) is 0 Å². The van der Waals surface area contributed by atoms with E-state index in [1.807, 2.05) is 6.07 Å². The molecule has 29 heavy (non-hydrogen) atoms. The van der Waals surface area contributed by atoms with Gasteiger partial charge in [-0.25, -0.2) is 8.78 Å². The van der Waals surface area contributed by atoms with Crippen molar-refractivity contribution in [1.82, 2.24) is 4.90 Å². The molecule has 1 unspecified atom stereocenters. The van der Waals surface area contributed by atoms with Crippen molar-refractivity contribution in [3.63, 3.8) is 0 Å². The molecular weight excluding hydrogens is 376 g/mol. The third-order valence-electron chi connectivity index (χ3n) is 8.36. The molecule has 1 aromatic rings. The summed E-state index contributed by atoms with van der Waals surface area (Å²) in [6, 6.07) is 4.02. The standard InChI is InChI=1S/C23H27F2NO3/c1-13(27)28-18-6-5-15-11-17-16-7-8-23(24,25)21-22(16,19(15)20(18)29-21)9-10-26(17)12-14-3-2-4-14/h5-6,14,16-17,21H,2-4,7-12H2,1H3/t16-,17+,21?,22-/m0/s1. The van der Waals surface area contributed by atoms with Crippen LogP contribution in [0.15, 0.2) is 12.1 Å². The van der Waals surface area contributed by atoms with Crippen molar-refractivity contribution in [3.8, 4) is 11.5 Å². The largest absolute Gasteiger partial charge is 0.479 e. The molecule has 0 N–H and O–H groups in total. The summed E-state index contributed by atoms with van der Waals surface area (Å²) in [5.41, 5.74) is 1.38. The quantitative estimate of drug-likeness (QED) is 0.563. The molecule has 6 heteroatoms. The number of benzene rings is 1. The van der Waals surface area contributed by atoms with Gasteiger partial charge in [0.2, 0.25) is 0 Å². The third kappa shape index (κ3) is 2.35. The van der Waals surface area contributed by atoms with Crippen LogP contribution in [0.3, 0.4) is 0 Å². The number of rotatable bonds is 3. The average Bonchev–Trinajstić information content (AvgIpc) is 2.98. The molecule has 5 aliphatic rings. The van der Waals surface area contributed by atoms with E-state index in [1.54, 1.807) is 6.07 Å². The van der Waals surface area contributed by atoms with Crippen LogP contribution in [0, 0.1) is 11.8 Å². The van der Waals surface area contributed by atoms with E-state index in [-0.39, 0.29) is 12.3 Å². The van der Waals surface area contributed by atoms with E-state index in [0.717, 1.165) is 36.6 Å². The molecular formula is C23H27F2NO3. The lowest BCUT2D eigenvalue weighted by atomic mass is 9.51. The van der Waals surface area contributed by atoms with Crippen molar-refractivity contribution in [3.05, 3.63) is 23.3 Å². The highest BCUT2D eigenvalue weighted by molar-refractivity contribution is 5.72. The van der Waals surface area contributed by atoms with Crippen LogP contribution in [0.1, 0.15) is 56.6 Å². The summed E-state index contributed by atoms with van der Waals surface area (Å²) < 4.78 is 41.7. The van der Waals surface area contributed by atoms with E-state index in [1.165, 1.54) is 26.2 Å². The molecule has 2 aliphatic heterocycles. The van der Waals surface area contributed by atoms with Gasteiger partial charge in [-0.2, -0.15) is 0 Å². The second kappa shape index (κ2) is 5.93. The minimum Gasteiger partial charge on any atom is -0.479 e. The van der Waals surface area contributed by atoms with Crippen molar-refractivity contribution in [2.75, 3.05) is 13.1 Å². The first-order chi connectivity index (χ1) is 13.9. The summed E-state index contributed by atoms with van der Waals surface area (Å²) in [4.78, 5) is 14.2. The van der Waals surface area contributed by atoms with Gasteiger partial charge in [-0.3, -0.25) is 9.69 Å². The second-order valence-electron chi connectivity index (χ2n) is 9.78. The van der Waals surface area contributed by atoms with E-state index in [0.29, 0.717) is 30.4 Å². The number of esters is 1. The summed E-state index contributed by atoms with van der Waals surface area (Å²) in [7, 11) is 0. The number of halogens is 2. The van der Waals surface area contributed by atoms with Gasteiger partial charge in [0.05, 0.1) is 0 Å². The van der Waals surface area contributed by atoms with Crippen molar-refractivity contribution >= 4 is 5.97 Å². The summed E-state index contributed by atoms with van der Waals surface area (Å²) in [6.45, 7) is 3.29. The van der Waals surface area contributed by atoms with Gasteiger partial charge in [0, 0.05) is 36.9 Å². The lowest BCUT2D eigenvalue weighted by molar-refractivity contribution is -0.182. The fraction of sp³-hybridized carbons (Fsp3) is 0.696. The molecule has 0 radical (unpaired) electrons. The number of piperidine rings is 1. The van der Waals surface area contributed by atoms with E-state index >= 15 is 8.78 Å². The maximum Gasteiger partial charge on any atom is 0.308 e. The molecule has 0 amide bonds. The smallest absolute Gasteiger partial charge is 0.308 e. The summed E-state index contributed by atoms with van der Waals surface area (Å²) in [5, 5.41) is 0. The fourth-order valence-corrected chi connectivity index (χ4v) is 7.03. The van der Waals surface area contributed by atoms with Crippen LogP contribution in [0.25, 0.3) is 0 Å². The van der Waals surface area contributed by atoms with E-state index in [9.17, 15) is 4.79 Å². The van der Waals surface area contributed by atoms with E-state index in [2.05, 4.69) is 4.90 Å². The zero-order chi connectivity index (χ0) is 20.0. The molecule has 4 atom stereocenters. The molecule has 2 saturated carbocycles. The fourth-order valence-electron chi connectivity index (χ4n) is 7.03. The zero-order valence-corrected chi connectivity index (χ0v) is 16.8. The van der Waals surface area contributed by atoms with Crippen LogP contribution in [0.2, 0.25) is 0 Å². The molecule has 0 aromatic heterocycles. The highest BCUT2D eigenvalue weighted by Gasteiger charge is 2.70. The third-order valence-corrected chi connectivity index (χ3v) is 8.36. The minimum absolute atomic E-state index is 0.121.